The van der Waals surface area contributed by atoms with Gasteiger partial charge in [0.15, 0.2) is 0 Å². The van der Waals surface area contributed by atoms with E-state index in [0.717, 1.165) is 6.42 Å². The van der Waals surface area contributed by atoms with Gasteiger partial charge in [-0.25, -0.2) is 0 Å². The molecule has 0 aromatic carbocycles. The SMILES string of the molecule is CC1=[C-]CCC(C)=CCC1.[I][Pt][I]. The number of hydrogen-bond donors (Lipinski definition) is 0. The zero-order chi connectivity index (χ0) is 10.1. The molecule has 1 aliphatic rings. The van der Waals surface area contributed by atoms with Crippen molar-refractivity contribution in [2.75, 3.05) is 0 Å². The molecule has 0 saturated heterocycles. The molecule has 0 saturated carbocycles. The Morgan fingerprint density at radius 3 is 2.54 bits per heavy atom. The van der Waals surface area contributed by atoms with Crippen LogP contribution < -0.4 is 0 Å². The summed E-state index contributed by atoms with van der Waals surface area (Å²) in [5.74, 6) is 0. The summed E-state index contributed by atoms with van der Waals surface area (Å²) in [5, 5.41) is 0. The quantitative estimate of drug-likeness (QED) is 0.213. The van der Waals surface area contributed by atoms with Crippen LogP contribution in [-0.2, 0) is 11.2 Å². The minimum atomic E-state index is 0.523. The molecule has 0 aromatic heterocycles. The van der Waals surface area contributed by atoms with Crippen molar-refractivity contribution in [2.45, 2.75) is 39.5 Å². The Labute approximate surface area is 111 Å². The van der Waals surface area contributed by atoms with Crippen molar-refractivity contribution >= 4 is 38.7 Å². The Bertz CT molecular complexity index is 165. The fourth-order valence-electron chi connectivity index (χ4n) is 1.20. The summed E-state index contributed by atoms with van der Waals surface area (Å²) in [5.41, 5.74) is 2.96. The maximum absolute atomic E-state index is 3.39. The van der Waals surface area contributed by atoms with Crippen LogP contribution in [0.3, 0.4) is 0 Å². The van der Waals surface area contributed by atoms with E-state index in [1.54, 1.807) is 0 Å². The van der Waals surface area contributed by atoms with Crippen LogP contribution in [0.2, 0.25) is 0 Å². The molecular weight excluding hydrogens is 569 g/mol. The monoisotopic (exact) mass is 584 g/mol. The van der Waals surface area contributed by atoms with Gasteiger partial charge in [-0.05, 0) is 13.3 Å². The van der Waals surface area contributed by atoms with Gasteiger partial charge in [0.25, 0.3) is 0 Å². The van der Waals surface area contributed by atoms with Gasteiger partial charge in [0.1, 0.15) is 0 Å². The van der Waals surface area contributed by atoms with E-state index in [1.807, 2.05) is 0 Å². The molecule has 0 bridgehead atoms. The summed E-state index contributed by atoms with van der Waals surface area (Å²) >= 11 is 5.30. The predicted molar refractivity (Wildman–Crippen MR) is 72.7 cm³/mol. The maximum atomic E-state index is 3.39. The third kappa shape index (κ3) is 9.92. The van der Waals surface area contributed by atoms with E-state index in [0.29, 0.717) is 11.2 Å². The Balaban J connectivity index is 0.000000424. The molecule has 1 aliphatic carbocycles. The first-order valence-electron chi connectivity index (χ1n) is 4.25. The third-order valence-electron chi connectivity index (χ3n) is 1.96. The molecule has 0 unspecified atom stereocenters. The average Bonchev–Trinajstić information content (AvgIpc) is 2.02. The molecular formula is C10H15I2Pt-. The van der Waals surface area contributed by atoms with Crippen LogP contribution in [0.25, 0.3) is 0 Å². The Kier molecular flexibility index (Phi) is 11.4. The van der Waals surface area contributed by atoms with E-state index < -0.39 is 0 Å². The third-order valence-corrected chi connectivity index (χ3v) is 1.96. The fourth-order valence-corrected chi connectivity index (χ4v) is 1.20. The molecule has 13 heavy (non-hydrogen) atoms. The normalized spacial score (nSPS) is 17.5. The van der Waals surface area contributed by atoms with Crippen molar-refractivity contribution in [3.05, 3.63) is 23.3 Å². The van der Waals surface area contributed by atoms with Gasteiger partial charge in [0.05, 0.1) is 0 Å². The molecule has 80 valence electrons. The molecule has 0 spiro atoms. The number of rotatable bonds is 0. The van der Waals surface area contributed by atoms with Gasteiger partial charge >= 0.3 is 49.9 Å². The first-order chi connectivity index (χ1) is 6.20. The summed E-state index contributed by atoms with van der Waals surface area (Å²) in [7, 11) is 0. The van der Waals surface area contributed by atoms with Gasteiger partial charge in [0, 0.05) is 0 Å². The second kappa shape index (κ2) is 10.2. The van der Waals surface area contributed by atoms with Gasteiger partial charge in [-0.1, -0.05) is 31.4 Å². The van der Waals surface area contributed by atoms with Crippen LogP contribution in [0, 0.1) is 6.08 Å². The molecule has 1 rings (SSSR count). The molecule has 0 atom stereocenters. The molecule has 0 fully saturated rings. The van der Waals surface area contributed by atoms with Crippen molar-refractivity contribution in [3.63, 3.8) is 0 Å². The zero-order valence-corrected chi connectivity index (χ0v) is 14.6. The van der Waals surface area contributed by atoms with Crippen LogP contribution in [0.15, 0.2) is 17.2 Å². The van der Waals surface area contributed by atoms with Crippen LogP contribution in [0.1, 0.15) is 39.5 Å². The zero-order valence-electron chi connectivity index (χ0n) is 7.98. The summed E-state index contributed by atoms with van der Waals surface area (Å²) < 4.78 is 0. The van der Waals surface area contributed by atoms with Crippen molar-refractivity contribution in [1.29, 1.82) is 0 Å². The Morgan fingerprint density at radius 2 is 1.92 bits per heavy atom. The molecule has 0 amide bonds. The fraction of sp³-hybridized carbons (Fsp3) is 0.600. The van der Waals surface area contributed by atoms with Crippen molar-refractivity contribution in [1.82, 2.24) is 0 Å². The van der Waals surface area contributed by atoms with Crippen molar-refractivity contribution in [3.8, 4) is 0 Å². The first kappa shape index (κ1) is 14.6. The Hall–Kier alpha value is 1.63. The number of halogens is 2. The Morgan fingerprint density at radius 1 is 1.31 bits per heavy atom. The van der Waals surface area contributed by atoms with Crippen molar-refractivity contribution in [2.24, 2.45) is 0 Å². The van der Waals surface area contributed by atoms with Gasteiger partial charge in [-0.15, -0.1) is 0 Å². The standard InChI is InChI=1S/C10H15.2HI.Pt/c1-9-5-3-7-10(2)8-4-6-9;;;/h5H,3-4,6-7H2,1-2H3;2*1H;/q-1;;;+2/p-2. The van der Waals surface area contributed by atoms with Gasteiger partial charge in [0.2, 0.25) is 0 Å². The molecule has 0 N–H and O–H groups in total. The summed E-state index contributed by atoms with van der Waals surface area (Å²) in [4.78, 5) is 0. The van der Waals surface area contributed by atoms with E-state index in [9.17, 15) is 0 Å². The number of allylic oxidation sites excluding steroid dienone is 4. The topological polar surface area (TPSA) is 0 Å². The first-order valence-corrected chi connectivity index (χ1v) is 17.1. The predicted octanol–water partition coefficient (Wildman–Crippen LogP) is 5.03. The summed E-state index contributed by atoms with van der Waals surface area (Å²) in [6, 6.07) is 0. The molecule has 0 nitrogen and oxygen atoms in total. The summed E-state index contributed by atoms with van der Waals surface area (Å²) in [6.45, 7) is 4.39. The van der Waals surface area contributed by atoms with Crippen LogP contribution in [0.4, 0.5) is 0 Å². The molecule has 0 heterocycles. The van der Waals surface area contributed by atoms with Gasteiger partial charge in [-0.3, -0.25) is 5.57 Å². The van der Waals surface area contributed by atoms with E-state index >= 15 is 0 Å². The van der Waals surface area contributed by atoms with E-state index in [-0.39, 0.29) is 0 Å². The van der Waals surface area contributed by atoms with E-state index in [1.165, 1.54) is 30.4 Å². The summed E-state index contributed by atoms with van der Waals surface area (Å²) in [6.07, 6.45) is 10.5. The molecule has 0 aliphatic heterocycles. The molecule has 0 aromatic rings. The van der Waals surface area contributed by atoms with Crippen LogP contribution >= 0.6 is 38.7 Å². The number of hydrogen-bond acceptors (Lipinski definition) is 0. The molecule has 3 heteroatoms. The van der Waals surface area contributed by atoms with Gasteiger partial charge in [-0.2, -0.15) is 6.42 Å². The van der Waals surface area contributed by atoms with Gasteiger partial charge < -0.3 is 6.08 Å². The molecule has 0 radical (unpaired) electrons. The van der Waals surface area contributed by atoms with Crippen LogP contribution in [-0.4, -0.2) is 0 Å². The minimum absolute atomic E-state index is 0.523. The van der Waals surface area contributed by atoms with Crippen LogP contribution in [0.5, 0.6) is 0 Å². The second-order valence-electron chi connectivity index (χ2n) is 3.09. The average molecular weight is 584 g/mol. The van der Waals surface area contributed by atoms with E-state index in [4.69, 9.17) is 0 Å². The van der Waals surface area contributed by atoms with Crippen molar-refractivity contribution < 1.29 is 11.2 Å². The van der Waals surface area contributed by atoms with E-state index in [2.05, 4.69) is 64.7 Å². The second-order valence-corrected chi connectivity index (χ2v) is 19.7.